The van der Waals surface area contributed by atoms with Crippen molar-refractivity contribution in [1.29, 1.82) is 0 Å². The maximum absolute atomic E-state index is 14.1. The van der Waals surface area contributed by atoms with Crippen molar-refractivity contribution >= 4 is 5.91 Å². The Balaban J connectivity index is 1.90. The zero-order valence-electron chi connectivity index (χ0n) is 20.4. The second kappa shape index (κ2) is 12.0. The molecule has 182 valence electrons. The number of amides is 1. The van der Waals surface area contributed by atoms with Crippen LogP contribution in [0.25, 0.3) is 0 Å². The molecule has 0 spiro atoms. The minimum atomic E-state index is -0.354. The van der Waals surface area contributed by atoms with Crippen molar-refractivity contribution < 1.29 is 19.0 Å². The smallest absolute Gasteiger partial charge is 0.259 e. The van der Waals surface area contributed by atoms with Crippen LogP contribution in [0, 0.1) is 23.6 Å². The van der Waals surface area contributed by atoms with Gasteiger partial charge >= 0.3 is 0 Å². The topological polar surface area (TPSA) is 65.9 Å². The van der Waals surface area contributed by atoms with E-state index in [0.717, 1.165) is 12.8 Å². The average molecular weight is 468 g/mol. The number of carbonyl (C=O) groups is 1. The Kier molecular flexibility index (Phi) is 9.03. The van der Waals surface area contributed by atoms with Gasteiger partial charge in [-0.1, -0.05) is 43.9 Å². The van der Waals surface area contributed by atoms with E-state index in [4.69, 9.17) is 4.74 Å². The molecule has 1 aliphatic heterocycles. The van der Waals surface area contributed by atoms with Gasteiger partial charge in [0.25, 0.3) is 5.91 Å². The first-order valence-electron chi connectivity index (χ1n) is 11.8. The normalized spacial score (nSPS) is 18.9. The van der Waals surface area contributed by atoms with Gasteiger partial charge in [-0.2, -0.15) is 0 Å². The largest absolute Gasteiger partial charge is 0.472 e. The molecule has 0 aliphatic carbocycles. The number of halogens is 1. The molecule has 3 rings (SSSR count). The van der Waals surface area contributed by atoms with Crippen LogP contribution in [0.2, 0.25) is 0 Å². The predicted molar refractivity (Wildman–Crippen MR) is 130 cm³/mol. The summed E-state index contributed by atoms with van der Waals surface area (Å²) in [5, 5.41) is 9.79. The van der Waals surface area contributed by atoms with Crippen LogP contribution in [0.4, 0.5) is 4.39 Å². The SMILES string of the molecule is CCCC#Cc1cnc2c(c1)C(=O)N([C@@H](C)CO)C[C@@H](C)[C@H](CN(C)Cc1ccccc1F)O2. The van der Waals surface area contributed by atoms with Crippen LogP contribution >= 0.6 is 0 Å². The lowest BCUT2D eigenvalue weighted by Crippen LogP contribution is -2.49. The second-order valence-corrected chi connectivity index (χ2v) is 9.04. The van der Waals surface area contributed by atoms with Crippen molar-refractivity contribution in [2.45, 2.75) is 52.3 Å². The van der Waals surface area contributed by atoms with Crippen LogP contribution in [0.5, 0.6) is 5.88 Å². The lowest BCUT2D eigenvalue weighted by atomic mass is 9.99. The summed E-state index contributed by atoms with van der Waals surface area (Å²) in [5.74, 6) is 5.90. The van der Waals surface area contributed by atoms with Crippen LogP contribution in [0.15, 0.2) is 36.5 Å². The van der Waals surface area contributed by atoms with Crippen LogP contribution in [-0.4, -0.2) is 64.7 Å². The van der Waals surface area contributed by atoms with Crippen molar-refractivity contribution in [1.82, 2.24) is 14.8 Å². The summed E-state index contributed by atoms with van der Waals surface area (Å²) in [6.07, 6.45) is 3.06. The summed E-state index contributed by atoms with van der Waals surface area (Å²) in [4.78, 5) is 21.6. The third-order valence-corrected chi connectivity index (χ3v) is 6.02. The lowest BCUT2D eigenvalue weighted by molar-refractivity contribution is 0.0324. The van der Waals surface area contributed by atoms with Gasteiger partial charge in [-0.25, -0.2) is 9.37 Å². The molecular formula is C27H34FN3O3. The highest BCUT2D eigenvalue weighted by Gasteiger charge is 2.34. The van der Waals surface area contributed by atoms with E-state index >= 15 is 0 Å². The first kappa shape index (κ1) is 25.7. The highest BCUT2D eigenvalue weighted by Crippen LogP contribution is 2.27. The number of aliphatic hydroxyl groups is 1. The van der Waals surface area contributed by atoms with Crippen molar-refractivity contribution in [3.05, 3.63) is 59.0 Å². The fourth-order valence-electron chi connectivity index (χ4n) is 3.97. The van der Waals surface area contributed by atoms with Crippen LogP contribution in [-0.2, 0) is 6.54 Å². The summed E-state index contributed by atoms with van der Waals surface area (Å²) in [5.41, 5.74) is 1.61. The Bertz CT molecular complexity index is 1050. The molecule has 34 heavy (non-hydrogen) atoms. The Morgan fingerprint density at radius 1 is 1.38 bits per heavy atom. The summed E-state index contributed by atoms with van der Waals surface area (Å²) in [7, 11) is 1.92. The number of unbranched alkanes of at least 4 members (excludes halogenated alkanes) is 1. The van der Waals surface area contributed by atoms with Crippen LogP contribution in [0.3, 0.4) is 0 Å². The zero-order valence-corrected chi connectivity index (χ0v) is 20.4. The zero-order chi connectivity index (χ0) is 24.7. The van der Waals surface area contributed by atoms with E-state index < -0.39 is 0 Å². The van der Waals surface area contributed by atoms with E-state index in [0.29, 0.717) is 36.3 Å². The Morgan fingerprint density at radius 2 is 2.15 bits per heavy atom. The molecule has 0 unspecified atom stereocenters. The standard InChI is InChI=1S/C27H34FN3O3/c1-5-6-7-10-21-13-23-26(29-14-21)34-25(19(2)15-31(27(23)33)20(3)18-32)17-30(4)16-22-11-8-9-12-24(22)28/h8-9,11-14,19-20,25,32H,5-6,15-18H2,1-4H3/t19-,20+,25+/m1/s1. The Morgan fingerprint density at radius 3 is 2.85 bits per heavy atom. The molecule has 1 amide bonds. The summed E-state index contributed by atoms with van der Waals surface area (Å²) in [6.45, 7) is 7.13. The number of likely N-dealkylation sites (N-methyl/N-ethyl adjacent to an activating group) is 1. The molecule has 0 saturated carbocycles. The maximum Gasteiger partial charge on any atom is 0.259 e. The number of rotatable bonds is 7. The number of ether oxygens (including phenoxy) is 1. The second-order valence-electron chi connectivity index (χ2n) is 9.04. The number of aliphatic hydroxyl groups excluding tert-OH is 1. The molecule has 1 aromatic heterocycles. The number of aromatic nitrogens is 1. The third-order valence-electron chi connectivity index (χ3n) is 6.02. The third kappa shape index (κ3) is 6.34. The van der Waals surface area contributed by atoms with Gasteiger partial charge in [0.05, 0.1) is 12.6 Å². The lowest BCUT2D eigenvalue weighted by Gasteiger charge is -2.37. The molecule has 1 N–H and O–H groups in total. The fraction of sp³-hybridized carbons (Fsp3) is 0.481. The Labute approximate surface area is 201 Å². The van der Waals surface area contributed by atoms with E-state index in [1.165, 1.54) is 6.07 Å². The number of carbonyl (C=O) groups excluding carboxylic acids is 1. The van der Waals surface area contributed by atoms with Crippen molar-refractivity contribution in [2.24, 2.45) is 5.92 Å². The molecule has 2 heterocycles. The van der Waals surface area contributed by atoms with Gasteiger partial charge in [-0.15, -0.1) is 0 Å². The molecule has 0 radical (unpaired) electrons. The van der Waals surface area contributed by atoms with E-state index in [2.05, 4.69) is 23.7 Å². The van der Waals surface area contributed by atoms with E-state index in [1.54, 1.807) is 29.3 Å². The number of benzene rings is 1. The van der Waals surface area contributed by atoms with Crippen LogP contribution < -0.4 is 4.74 Å². The number of hydrogen-bond acceptors (Lipinski definition) is 5. The first-order valence-corrected chi connectivity index (χ1v) is 11.8. The minimum absolute atomic E-state index is 0.0417. The molecule has 2 aromatic rings. The van der Waals surface area contributed by atoms with Crippen molar-refractivity contribution in [2.75, 3.05) is 26.7 Å². The number of hydrogen-bond donors (Lipinski definition) is 1. The van der Waals surface area contributed by atoms with E-state index in [-0.39, 0.29) is 42.3 Å². The predicted octanol–water partition coefficient (Wildman–Crippen LogP) is 3.72. The molecule has 7 heteroatoms. The highest BCUT2D eigenvalue weighted by molar-refractivity contribution is 5.97. The minimum Gasteiger partial charge on any atom is -0.472 e. The Hall–Kier alpha value is -2.95. The molecule has 1 aromatic carbocycles. The van der Waals surface area contributed by atoms with E-state index in [1.807, 2.05) is 31.9 Å². The molecule has 6 nitrogen and oxygen atoms in total. The summed E-state index contributed by atoms with van der Waals surface area (Å²) >= 11 is 0. The fourth-order valence-corrected chi connectivity index (χ4v) is 3.97. The summed E-state index contributed by atoms with van der Waals surface area (Å²) < 4.78 is 20.4. The quantitative estimate of drug-likeness (QED) is 0.629. The molecule has 3 atom stereocenters. The number of fused-ring (bicyclic) bond motifs is 1. The van der Waals surface area contributed by atoms with Crippen LogP contribution in [0.1, 0.15) is 55.1 Å². The van der Waals surface area contributed by atoms with Crippen molar-refractivity contribution in [3.8, 4) is 17.7 Å². The van der Waals surface area contributed by atoms with E-state index in [9.17, 15) is 14.3 Å². The highest BCUT2D eigenvalue weighted by atomic mass is 19.1. The molecule has 0 bridgehead atoms. The van der Waals surface area contributed by atoms with Gasteiger partial charge in [0, 0.05) is 49.3 Å². The average Bonchev–Trinajstić information content (AvgIpc) is 2.82. The monoisotopic (exact) mass is 467 g/mol. The van der Waals surface area contributed by atoms with Gasteiger partial charge in [0.15, 0.2) is 0 Å². The molecular weight excluding hydrogens is 433 g/mol. The maximum atomic E-state index is 14.1. The van der Waals surface area contributed by atoms with Gasteiger partial charge in [-0.05, 0) is 32.5 Å². The molecule has 0 fully saturated rings. The van der Waals surface area contributed by atoms with Gasteiger partial charge in [0.2, 0.25) is 5.88 Å². The molecule has 0 saturated heterocycles. The van der Waals surface area contributed by atoms with Gasteiger partial charge in [-0.3, -0.25) is 9.69 Å². The summed E-state index contributed by atoms with van der Waals surface area (Å²) in [6, 6.07) is 8.10. The van der Waals surface area contributed by atoms with Gasteiger partial charge < -0.3 is 14.7 Å². The first-order chi connectivity index (χ1) is 16.3. The van der Waals surface area contributed by atoms with Crippen molar-refractivity contribution in [3.63, 3.8) is 0 Å². The molecule has 1 aliphatic rings. The number of pyridine rings is 1. The van der Waals surface area contributed by atoms with Gasteiger partial charge in [0.1, 0.15) is 17.5 Å². The number of nitrogens with zero attached hydrogens (tertiary/aromatic N) is 3.